The van der Waals surface area contributed by atoms with E-state index in [1.165, 1.54) is 4.68 Å². The normalized spacial score (nSPS) is 13.7. The second-order valence-electron chi connectivity index (χ2n) is 2.82. The Morgan fingerprint density at radius 1 is 1.36 bits per heavy atom. The number of hydrogen-bond donors (Lipinski definition) is 0. The van der Waals surface area contributed by atoms with Crippen molar-refractivity contribution in [3.05, 3.63) is 25.9 Å². The van der Waals surface area contributed by atoms with Gasteiger partial charge in [0.1, 0.15) is 0 Å². The van der Waals surface area contributed by atoms with E-state index in [0.717, 1.165) is 0 Å². The maximum absolute atomic E-state index is 11.8. The largest absolute Gasteiger partial charge is 0.274 e. The van der Waals surface area contributed by atoms with Gasteiger partial charge in [-0.15, -0.1) is 0 Å². The molecule has 1 rings (SSSR count). The van der Waals surface area contributed by atoms with E-state index in [1.807, 2.05) is 20.8 Å². The lowest BCUT2D eigenvalue weighted by molar-refractivity contribution is 0.608. The van der Waals surface area contributed by atoms with Gasteiger partial charge >= 0.3 is 0 Å². The zero-order chi connectivity index (χ0) is 10.7. The summed E-state index contributed by atoms with van der Waals surface area (Å²) in [7, 11) is 0. The molecular formula is C10H13ClN2O. The van der Waals surface area contributed by atoms with Gasteiger partial charge in [0, 0.05) is 17.0 Å². The summed E-state index contributed by atoms with van der Waals surface area (Å²) >= 11 is 5.94. The zero-order valence-electron chi connectivity index (χ0n) is 8.54. The highest BCUT2D eigenvalue weighted by atomic mass is 35.5. The van der Waals surface area contributed by atoms with Crippen LogP contribution in [0.1, 0.15) is 20.8 Å². The van der Waals surface area contributed by atoms with Crippen molar-refractivity contribution in [1.82, 2.24) is 9.78 Å². The van der Waals surface area contributed by atoms with Gasteiger partial charge in [-0.1, -0.05) is 23.8 Å². The summed E-state index contributed by atoms with van der Waals surface area (Å²) in [4.78, 5) is 11.8. The summed E-state index contributed by atoms with van der Waals surface area (Å²) < 4.78 is 1.37. The summed E-state index contributed by atoms with van der Waals surface area (Å²) in [5.41, 5.74) is -0.0903. The third-order valence-electron chi connectivity index (χ3n) is 2.06. The molecule has 0 aliphatic carbocycles. The third kappa shape index (κ3) is 1.73. The van der Waals surface area contributed by atoms with Crippen LogP contribution in [-0.4, -0.2) is 9.78 Å². The molecule has 1 aromatic rings. The average molecular weight is 213 g/mol. The minimum Gasteiger partial charge on any atom is -0.267 e. The highest BCUT2D eigenvalue weighted by Crippen LogP contribution is 1.89. The number of nitrogens with zero attached hydrogens (tertiary/aromatic N) is 2. The number of aryl methyl sites for hydroxylation is 1. The molecule has 0 unspecified atom stereocenters. The van der Waals surface area contributed by atoms with E-state index < -0.39 is 0 Å². The maximum Gasteiger partial charge on any atom is 0.274 e. The fourth-order valence-corrected chi connectivity index (χ4v) is 1.64. The van der Waals surface area contributed by atoms with Crippen molar-refractivity contribution in [3.63, 3.8) is 0 Å². The Bertz CT molecular complexity index is 502. The summed E-state index contributed by atoms with van der Waals surface area (Å²) in [6, 6.07) is 0. The molecule has 0 saturated carbocycles. The summed E-state index contributed by atoms with van der Waals surface area (Å²) in [5, 5.41) is 5.70. The first-order chi connectivity index (χ1) is 6.65. The molecule has 0 aliphatic heterocycles. The number of aromatic nitrogens is 2. The predicted octanol–water partition coefficient (Wildman–Crippen LogP) is 0.517. The molecule has 0 aliphatic rings. The summed E-state index contributed by atoms with van der Waals surface area (Å²) in [5.74, 6) is 0. The quantitative estimate of drug-likeness (QED) is 0.680. The first-order valence-corrected chi connectivity index (χ1v) is 4.92. The Labute approximate surface area is 87.3 Å². The van der Waals surface area contributed by atoms with Crippen LogP contribution < -0.4 is 16.0 Å². The highest BCUT2D eigenvalue weighted by molar-refractivity contribution is 6.29. The smallest absolute Gasteiger partial charge is 0.267 e. The number of hydrogen-bond acceptors (Lipinski definition) is 2. The van der Waals surface area contributed by atoms with Crippen LogP contribution in [0.25, 0.3) is 12.2 Å². The molecule has 3 nitrogen and oxygen atoms in total. The van der Waals surface area contributed by atoms with Crippen molar-refractivity contribution in [1.29, 1.82) is 0 Å². The van der Waals surface area contributed by atoms with Gasteiger partial charge in [0.15, 0.2) is 5.15 Å². The van der Waals surface area contributed by atoms with E-state index in [0.29, 0.717) is 22.1 Å². The van der Waals surface area contributed by atoms with Crippen LogP contribution in [-0.2, 0) is 6.54 Å². The van der Waals surface area contributed by atoms with Crippen molar-refractivity contribution in [2.45, 2.75) is 27.3 Å². The molecule has 1 aromatic heterocycles. The van der Waals surface area contributed by atoms with Gasteiger partial charge in [-0.3, -0.25) is 4.79 Å². The molecule has 0 aromatic carbocycles. The van der Waals surface area contributed by atoms with Crippen LogP contribution in [0.4, 0.5) is 0 Å². The van der Waals surface area contributed by atoms with E-state index in [-0.39, 0.29) is 5.56 Å². The van der Waals surface area contributed by atoms with Crippen molar-refractivity contribution in [2.75, 3.05) is 0 Å². The Morgan fingerprint density at radius 3 is 2.36 bits per heavy atom. The van der Waals surface area contributed by atoms with E-state index in [9.17, 15) is 4.79 Å². The second-order valence-corrected chi connectivity index (χ2v) is 3.17. The van der Waals surface area contributed by atoms with Gasteiger partial charge in [-0.05, 0) is 20.8 Å². The maximum atomic E-state index is 11.8. The molecule has 0 bridgehead atoms. The standard InChI is InChI=1S/C10H13ClN2O/c1-4-7-8(5-2)10(14)13(6-3)12-9(7)11/h4-5H,6H2,1-3H3. The zero-order valence-corrected chi connectivity index (χ0v) is 9.30. The molecule has 0 atom stereocenters. The van der Waals surface area contributed by atoms with Gasteiger partial charge in [0.05, 0.1) is 0 Å². The molecule has 0 fully saturated rings. The Kier molecular flexibility index (Phi) is 3.47. The van der Waals surface area contributed by atoms with E-state index in [2.05, 4.69) is 5.10 Å². The van der Waals surface area contributed by atoms with Crippen LogP contribution in [0.15, 0.2) is 4.79 Å². The van der Waals surface area contributed by atoms with Crippen LogP contribution in [0.2, 0.25) is 5.15 Å². The lowest BCUT2D eigenvalue weighted by atomic mass is 10.3. The predicted molar refractivity (Wildman–Crippen MR) is 58.7 cm³/mol. The van der Waals surface area contributed by atoms with Crippen molar-refractivity contribution in [3.8, 4) is 0 Å². The van der Waals surface area contributed by atoms with Crippen LogP contribution in [0.5, 0.6) is 0 Å². The molecule has 0 amide bonds. The first kappa shape index (κ1) is 11.0. The molecule has 0 radical (unpaired) electrons. The van der Waals surface area contributed by atoms with Gasteiger partial charge in [0.25, 0.3) is 5.56 Å². The van der Waals surface area contributed by atoms with E-state index in [4.69, 9.17) is 11.6 Å². The summed E-state index contributed by atoms with van der Waals surface area (Å²) in [6.45, 7) is 6.05. The fourth-order valence-electron chi connectivity index (χ4n) is 1.34. The second kappa shape index (κ2) is 4.42. The molecular weight excluding hydrogens is 200 g/mol. The molecule has 0 saturated heterocycles. The molecule has 0 spiro atoms. The fraction of sp³-hybridized carbons (Fsp3) is 0.400. The third-order valence-corrected chi connectivity index (χ3v) is 2.34. The van der Waals surface area contributed by atoms with Crippen molar-refractivity contribution in [2.24, 2.45) is 0 Å². The first-order valence-electron chi connectivity index (χ1n) is 4.55. The SMILES string of the molecule is CC=c1c(Cl)nn(CC)c(=O)c1=CC. The minimum absolute atomic E-state index is 0.0903. The van der Waals surface area contributed by atoms with Gasteiger partial charge < -0.3 is 0 Å². The molecule has 0 N–H and O–H groups in total. The van der Waals surface area contributed by atoms with E-state index in [1.54, 1.807) is 12.2 Å². The van der Waals surface area contributed by atoms with Crippen LogP contribution in [0, 0.1) is 0 Å². The monoisotopic (exact) mass is 212 g/mol. The molecule has 76 valence electrons. The molecule has 4 heteroatoms. The minimum atomic E-state index is -0.0903. The van der Waals surface area contributed by atoms with Crippen LogP contribution in [0.3, 0.4) is 0 Å². The van der Waals surface area contributed by atoms with Gasteiger partial charge in [0.2, 0.25) is 0 Å². The Hall–Kier alpha value is -1.09. The van der Waals surface area contributed by atoms with E-state index >= 15 is 0 Å². The molecule has 14 heavy (non-hydrogen) atoms. The van der Waals surface area contributed by atoms with Gasteiger partial charge in [-0.2, -0.15) is 5.10 Å². The number of halogens is 1. The Morgan fingerprint density at radius 2 is 1.93 bits per heavy atom. The lowest BCUT2D eigenvalue weighted by Crippen LogP contribution is -2.46. The molecule has 1 heterocycles. The average Bonchev–Trinajstić information content (AvgIpc) is 2.20. The van der Waals surface area contributed by atoms with Gasteiger partial charge in [-0.25, -0.2) is 4.68 Å². The topological polar surface area (TPSA) is 34.9 Å². The summed E-state index contributed by atoms with van der Waals surface area (Å²) in [6.07, 6.45) is 3.56. The lowest BCUT2D eigenvalue weighted by Gasteiger charge is -2.01. The van der Waals surface area contributed by atoms with Crippen LogP contribution >= 0.6 is 11.6 Å². The Balaban J connectivity index is 3.87. The van der Waals surface area contributed by atoms with Crippen molar-refractivity contribution >= 4 is 23.8 Å². The highest BCUT2D eigenvalue weighted by Gasteiger charge is 2.02. The number of rotatable bonds is 1. The van der Waals surface area contributed by atoms with Crippen molar-refractivity contribution < 1.29 is 0 Å².